The first-order valence-corrected chi connectivity index (χ1v) is 13.2. The van der Waals surface area contributed by atoms with Crippen molar-refractivity contribution < 1.29 is 14.7 Å². The summed E-state index contributed by atoms with van der Waals surface area (Å²) in [7, 11) is 0. The third-order valence-corrected chi connectivity index (χ3v) is 7.53. The van der Waals surface area contributed by atoms with Crippen LogP contribution >= 0.6 is 11.6 Å². The molecule has 1 aromatic carbocycles. The van der Waals surface area contributed by atoms with Gasteiger partial charge in [-0.3, -0.25) is 14.6 Å². The van der Waals surface area contributed by atoms with Gasteiger partial charge in [0, 0.05) is 29.4 Å². The number of benzene rings is 1. The number of carbonyl (C=O) groups is 2. The van der Waals surface area contributed by atoms with Gasteiger partial charge in [0.05, 0.1) is 34.8 Å². The number of hydrogen-bond acceptors (Lipinski definition) is 7. The van der Waals surface area contributed by atoms with E-state index >= 15 is 0 Å². The number of aromatic nitrogens is 3. The number of rotatable bonds is 7. The summed E-state index contributed by atoms with van der Waals surface area (Å²) in [6.07, 6.45) is 3.47. The highest BCUT2D eigenvalue weighted by Crippen LogP contribution is 2.33. The number of hydrogen-bond donors (Lipinski definition) is 3. The third kappa shape index (κ3) is 5.35. The van der Waals surface area contributed by atoms with E-state index in [1.165, 1.54) is 6.20 Å². The van der Waals surface area contributed by atoms with E-state index in [4.69, 9.17) is 11.6 Å². The van der Waals surface area contributed by atoms with E-state index in [-0.39, 0.29) is 30.0 Å². The Balaban J connectivity index is 1.30. The quantitative estimate of drug-likeness (QED) is 0.418. The van der Waals surface area contributed by atoms with Crippen LogP contribution in [-0.4, -0.2) is 55.0 Å². The van der Waals surface area contributed by atoms with Crippen LogP contribution in [0.1, 0.15) is 66.5 Å². The second kappa shape index (κ2) is 10.7. The van der Waals surface area contributed by atoms with E-state index in [1.54, 1.807) is 17.9 Å². The van der Waals surface area contributed by atoms with Gasteiger partial charge >= 0.3 is 0 Å². The SMILES string of the molecule is Cc1cccc([C@@H](C)NC(=O)[C@@H](C)N2Cc3ccc(-c4nc(N[C@@H]5CC[C@@H](O)C5)ncc4Cl)cc3C2=O)n1. The number of halogens is 1. The minimum atomic E-state index is -0.661. The van der Waals surface area contributed by atoms with Crippen molar-refractivity contribution in [2.45, 2.75) is 70.8 Å². The van der Waals surface area contributed by atoms with Crippen LogP contribution in [0, 0.1) is 6.92 Å². The second-order valence-electron chi connectivity index (χ2n) is 10.1. The Hall–Kier alpha value is -3.56. The number of aliphatic hydroxyl groups is 1. The molecule has 0 radical (unpaired) electrons. The summed E-state index contributed by atoms with van der Waals surface area (Å²) in [5, 5.41) is 16.4. The average molecular weight is 535 g/mol. The van der Waals surface area contributed by atoms with Crippen LogP contribution in [0.2, 0.25) is 5.02 Å². The van der Waals surface area contributed by atoms with E-state index in [0.717, 1.165) is 29.8 Å². The van der Waals surface area contributed by atoms with Gasteiger partial charge in [-0.25, -0.2) is 9.97 Å². The van der Waals surface area contributed by atoms with Crippen LogP contribution in [0.3, 0.4) is 0 Å². The summed E-state index contributed by atoms with van der Waals surface area (Å²) in [6, 6.07) is 10.4. The van der Waals surface area contributed by atoms with E-state index in [2.05, 4.69) is 25.6 Å². The summed E-state index contributed by atoms with van der Waals surface area (Å²) in [4.78, 5) is 41.3. The highest BCUT2D eigenvalue weighted by molar-refractivity contribution is 6.33. The maximum atomic E-state index is 13.4. The molecule has 2 aliphatic rings. The number of amides is 2. The smallest absolute Gasteiger partial charge is 0.255 e. The molecule has 3 aromatic rings. The molecular weight excluding hydrogens is 504 g/mol. The van der Waals surface area contributed by atoms with Crippen molar-refractivity contribution in [3.05, 3.63) is 70.1 Å². The van der Waals surface area contributed by atoms with Gasteiger partial charge in [0.15, 0.2) is 0 Å². The van der Waals surface area contributed by atoms with E-state index in [1.807, 2.05) is 44.2 Å². The molecule has 9 nitrogen and oxygen atoms in total. The zero-order valence-electron chi connectivity index (χ0n) is 21.6. The van der Waals surface area contributed by atoms with Crippen molar-refractivity contribution in [3.8, 4) is 11.3 Å². The fraction of sp³-hybridized carbons (Fsp3) is 0.393. The Morgan fingerprint density at radius 2 is 2.00 bits per heavy atom. The topological polar surface area (TPSA) is 120 Å². The van der Waals surface area contributed by atoms with Gasteiger partial charge in [-0.1, -0.05) is 29.8 Å². The summed E-state index contributed by atoms with van der Waals surface area (Å²) < 4.78 is 0. The molecule has 0 bridgehead atoms. The van der Waals surface area contributed by atoms with Gasteiger partial charge in [0.2, 0.25) is 11.9 Å². The van der Waals surface area contributed by atoms with Crippen LogP contribution in [0.25, 0.3) is 11.3 Å². The molecule has 2 aromatic heterocycles. The predicted octanol–water partition coefficient (Wildman–Crippen LogP) is 4.05. The minimum Gasteiger partial charge on any atom is -0.393 e. The molecule has 1 aliphatic carbocycles. The molecule has 1 fully saturated rings. The first kappa shape index (κ1) is 26.1. The lowest BCUT2D eigenvalue weighted by atomic mass is 10.0. The summed E-state index contributed by atoms with van der Waals surface area (Å²) in [5.41, 5.74) is 4.22. The van der Waals surface area contributed by atoms with Gasteiger partial charge in [-0.05, 0) is 63.8 Å². The van der Waals surface area contributed by atoms with Crippen LogP contribution < -0.4 is 10.6 Å². The van der Waals surface area contributed by atoms with Crippen LogP contribution in [0.5, 0.6) is 0 Å². The highest BCUT2D eigenvalue weighted by Gasteiger charge is 2.35. The van der Waals surface area contributed by atoms with E-state index in [9.17, 15) is 14.7 Å². The summed E-state index contributed by atoms with van der Waals surface area (Å²) >= 11 is 6.44. The molecule has 3 heterocycles. The van der Waals surface area contributed by atoms with Gasteiger partial charge in [-0.15, -0.1) is 0 Å². The normalized spacial score (nSPS) is 20.2. The first-order chi connectivity index (χ1) is 18.2. The van der Waals surface area contributed by atoms with Crippen LogP contribution in [0.15, 0.2) is 42.6 Å². The summed E-state index contributed by atoms with van der Waals surface area (Å²) in [6.45, 7) is 5.86. The Morgan fingerprint density at radius 1 is 1.18 bits per heavy atom. The monoisotopic (exact) mass is 534 g/mol. The number of fused-ring (bicyclic) bond motifs is 1. The van der Waals surface area contributed by atoms with E-state index in [0.29, 0.717) is 40.8 Å². The molecule has 4 atom stereocenters. The number of carbonyl (C=O) groups excluding carboxylic acids is 2. The number of pyridine rings is 1. The van der Waals surface area contributed by atoms with Gasteiger partial charge in [0.1, 0.15) is 6.04 Å². The van der Waals surface area contributed by atoms with Crippen molar-refractivity contribution in [1.29, 1.82) is 0 Å². The molecular formula is C28H31ClN6O3. The van der Waals surface area contributed by atoms with Crippen LogP contribution in [0.4, 0.5) is 5.95 Å². The molecule has 38 heavy (non-hydrogen) atoms. The van der Waals surface area contributed by atoms with Crippen molar-refractivity contribution >= 4 is 29.4 Å². The molecule has 10 heteroatoms. The standard InChI is InChI=1S/C28H31ClN6O3/c1-15-5-4-6-24(31-15)16(2)32-26(37)17(3)35-14-19-8-7-18(11-22(19)27(35)38)25-23(29)13-30-28(34-25)33-20-9-10-21(36)12-20/h4-8,11,13,16-17,20-21,36H,9-10,12,14H2,1-3H3,(H,32,37)(H,30,33,34)/t16-,17-,20-,21-/m1/s1. The molecule has 0 unspecified atom stereocenters. The molecule has 3 N–H and O–H groups in total. The maximum absolute atomic E-state index is 13.4. The Labute approximate surface area is 226 Å². The predicted molar refractivity (Wildman–Crippen MR) is 145 cm³/mol. The van der Waals surface area contributed by atoms with Gasteiger partial charge in [0.25, 0.3) is 5.91 Å². The Kier molecular flexibility index (Phi) is 7.32. The van der Waals surface area contributed by atoms with Gasteiger partial charge < -0.3 is 20.6 Å². The lowest BCUT2D eigenvalue weighted by Crippen LogP contribution is -2.46. The van der Waals surface area contributed by atoms with Crippen molar-refractivity contribution in [2.75, 3.05) is 5.32 Å². The second-order valence-corrected chi connectivity index (χ2v) is 10.5. The first-order valence-electron chi connectivity index (χ1n) is 12.8. The number of aryl methyl sites for hydroxylation is 1. The molecule has 1 aliphatic heterocycles. The number of nitrogens with zero attached hydrogens (tertiary/aromatic N) is 4. The molecule has 0 saturated heterocycles. The van der Waals surface area contributed by atoms with Crippen molar-refractivity contribution in [2.24, 2.45) is 0 Å². The van der Waals surface area contributed by atoms with Gasteiger partial charge in [-0.2, -0.15) is 0 Å². The molecule has 198 valence electrons. The largest absolute Gasteiger partial charge is 0.393 e. The lowest BCUT2D eigenvalue weighted by Gasteiger charge is -2.25. The zero-order valence-corrected chi connectivity index (χ0v) is 22.4. The summed E-state index contributed by atoms with van der Waals surface area (Å²) in [5.74, 6) is -0.0254. The Bertz CT molecular complexity index is 1380. The maximum Gasteiger partial charge on any atom is 0.255 e. The number of aliphatic hydroxyl groups excluding tert-OH is 1. The lowest BCUT2D eigenvalue weighted by molar-refractivity contribution is -0.125. The molecule has 2 amide bonds. The molecule has 1 saturated carbocycles. The third-order valence-electron chi connectivity index (χ3n) is 7.26. The van der Waals surface area contributed by atoms with Crippen molar-refractivity contribution in [1.82, 2.24) is 25.2 Å². The van der Waals surface area contributed by atoms with Crippen molar-refractivity contribution in [3.63, 3.8) is 0 Å². The molecule has 0 spiro atoms. The Morgan fingerprint density at radius 3 is 2.74 bits per heavy atom. The fourth-order valence-electron chi connectivity index (χ4n) is 5.05. The van der Waals surface area contributed by atoms with E-state index < -0.39 is 6.04 Å². The number of nitrogens with one attached hydrogen (secondary N) is 2. The fourth-order valence-corrected chi connectivity index (χ4v) is 5.25. The zero-order chi connectivity index (χ0) is 27.0. The highest BCUT2D eigenvalue weighted by atomic mass is 35.5. The number of anilines is 1. The average Bonchev–Trinajstić information content (AvgIpc) is 3.46. The minimum absolute atomic E-state index is 0.103. The van der Waals surface area contributed by atoms with Crippen LogP contribution in [-0.2, 0) is 11.3 Å². The molecule has 5 rings (SSSR count).